The smallest absolute Gasteiger partial charge is 0.328 e. The van der Waals surface area contributed by atoms with Crippen molar-refractivity contribution in [3.05, 3.63) is 47.0 Å². The van der Waals surface area contributed by atoms with Crippen LogP contribution in [0.3, 0.4) is 0 Å². The highest BCUT2D eigenvalue weighted by molar-refractivity contribution is 6.12. The fourth-order valence-electron chi connectivity index (χ4n) is 2.00. The van der Waals surface area contributed by atoms with Crippen LogP contribution >= 0.6 is 0 Å². The van der Waals surface area contributed by atoms with Crippen molar-refractivity contribution in [1.82, 2.24) is 0 Å². The number of aliphatic carboxylic acids is 1. The molecule has 0 saturated carbocycles. The molecule has 1 N–H and O–H groups in total. The van der Waals surface area contributed by atoms with Gasteiger partial charge in [-0.2, -0.15) is 0 Å². The fourth-order valence-corrected chi connectivity index (χ4v) is 2.00. The lowest BCUT2D eigenvalue weighted by Crippen LogP contribution is -2.05. The standard InChI is InChI=1S/C13H12O3/c14-12(15)8-10-6-3-5-9-4-1-2-7-11(9)13(10)16/h1-2,4,7-8H,3,5-6H2,(H,14,15)/b10-8-. The van der Waals surface area contributed by atoms with Crippen molar-refractivity contribution in [2.75, 3.05) is 0 Å². The molecule has 0 aromatic heterocycles. The molecule has 0 spiro atoms. The predicted molar refractivity (Wildman–Crippen MR) is 59.4 cm³/mol. The van der Waals surface area contributed by atoms with E-state index < -0.39 is 5.97 Å². The van der Waals surface area contributed by atoms with E-state index in [2.05, 4.69) is 0 Å². The summed E-state index contributed by atoms with van der Waals surface area (Å²) in [5.74, 6) is -1.20. The van der Waals surface area contributed by atoms with Crippen LogP contribution in [0.25, 0.3) is 0 Å². The first-order valence-corrected chi connectivity index (χ1v) is 5.24. The number of fused-ring (bicyclic) bond motifs is 1. The lowest BCUT2D eigenvalue weighted by Gasteiger charge is -2.03. The molecular weight excluding hydrogens is 204 g/mol. The zero-order chi connectivity index (χ0) is 11.5. The van der Waals surface area contributed by atoms with Crippen molar-refractivity contribution in [3.63, 3.8) is 0 Å². The Morgan fingerprint density at radius 1 is 1.25 bits per heavy atom. The second-order valence-electron chi connectivity index (χ2n) is 3.85. The molecule has 0 aliphatic heterocycles. The molecule has 2 rings (SSSR count). The van der Waals surface area contributed by atoms with Gasteiger partial charge in [0.25, 0.3) is 0 Å². The number of hydrogen-bond donors (Lipinski definition) is 1. The summed E-state index contributed by atoms with van der Waals surface area (Å²) in [7, 11) is 0. The van der Waals surface area contributed by atoms with Crippen LogP contribution in [0, 0.1) is 0 Å². The van der Waals surface area contributed by atoms with Gasteiger partial charge in [0.2, 0.25) is 0 Å². The number of carbonyl (C=O) groups is 2. The molecule has 0 heterocycles. The molecule has 16 heavy (non-hydrogen) atoms. The van der Waals surface area contributed by atoms with E-state index in [1.807, 2.05) is 12.1 Å². The van der Waals surface area contributed by atoms with E-state index in [1.54, 1.807) is 12.1 Å². The number of hydrogen-bond acceptors (Lipinski definition) is 2. The van der Waals surface area contributed by atoms with E-state index in [4.69, 9.17) is 5.11 Å². The Balaban J connectivity index is 2.45. The molecule has 0 amide bonds. The lowest BCUT2D eigenvalue weighted by molar-refractivity contribution is -0.131. The molecule has 0 bridgehead atoms. The molecule has 0 saturated heterocycles. The van der Waals surface area contributed by atoms with E-state index >= 15 is 0 Å². The molecule has 1 aliphatic carbocycles. The van der Waals surface area contributed by atoms with Gasteiger partial charge in [0, 0.05) is 17.2 Å². The minimum Gasteiger partial charge on any atom is -0.478 e. The van der Waals surface area contributed by atoms with Crippen LogP contribution in [-0.2, 0) is 11.2 Å². The van der Waals surface area contributed by atoms with Crippen molar-refractivity contribution in [3.8, 4) is 0 Å². The quantitative estimate of drug-likeness (QED) is 0.578. The zero-order valence-electron chi connectivity index (χ0n) is 8.77. The van der Waals surface area contributed by atoms with Gasteiger partial charge in [-0.1, -0.05) is 24.3 Å². The van der Waals surface area contributed by atoms with Crippen LogP contribution in [0.1, 0.15) is 28.8 Å². The molecule has 1 aromatic carbocycles. The Kier molecular flexibility index (Phi) is 2.86. The maximum absolute atomic E-state index is 12.0. The molecular formula is C13H12O3. The van der Waals surface area contributed by atoms with Crippen LogP contribution in [0.2, 0.25) is 0 Å². The second-order valence-corrected chi connectivity index (χ2v) is 3.85. The lowest BCUT2D eigenvalue weighted by atomic mass is 10.00. The van der Waals surface area contributed by atoms with Crippen LogP contribution in [-0.4, -0.2) is 16.9 Å². The molecule has 1 aromatic rings. The largest absolute Gasteiger partial charge is 0.478 e. The van der Waals surface area contributed by atoms with E-state index in [-0.39, 0.29) is 5.78 Å². The van der Waals surface area contributed by atoms with Gasteiger partial charge in [0.1, 0.15) is 0 Å². The first-order valence-electron chi connectivity index (χ1n) is 5.24. The minimum absolute atomic E-state index is 0.143. The number of aryl methyl sites for hydroxylation is 1. The molecule has 0 fully saturated rings. The SMILES string of the molecule is O=C(O)/C=C1/CCCc2ccccc2C1=O. The molecule has 3 heteroatoms. The number of carbonyl (C=O) groups excluding carboxylic acids is 1. The van der Waals surface area contributed by atoms with Gasteiger partial charge in [-0.15, -0.1) is 0 Å². The Bertz CT molecular complexity index is 472. The average Bonchev–Trinajstić information content (AvgIpc) is 2.40. The van der Waals surface area contributed by atoms with Gasteiger partial charge in [-0.05, 0) is 24.8 Å². The zero-order valence-corrected chi connectivity index (χ0v) is 8.77. The summed E-state index contributed by atoms with van der Waals surface area (Å²) < 4.78 is 0. The summed E-state index contributed by atoms with van der Waals surface area (Å²) in [5, 5.41) is 8.69. The highest BCUT2D eigenvalue weighted by atomic mass is 16.4. The first kappa shape index (κ1) is 10.6. The first-order chi connectivity index (χ1) is 7.68. The monoisotopic (exact) mass is 216 g/mol. The van der Waals surface area contributed by atoms with Crippen LogP contribution in [0.15, 0.2) is 35.9 Å². The van der Waals surface area contributed by atoms with E-state index in [1.165, 1.54) is 0 Å². The van der Waals surface area contributed by atoms with Crippen molar-refractivity contribution >= 4 is 11.8 Å². The molecule has 0 atom stereocenters. The number of Topliss-reactive ketones (excluding diaryl/α,β-unsaturated/α-hetero) is 1. The summed E-state index contributed by atoms with van der Waals surface area (Å²) >= 11 is 0. The van der Waals surface area contributed by atoms with Crippen LogP contribution < -0.4 is 0 Å². The van der Waals surface area contributed by atoms with Crippen molar-refractivity contribution in [2.45, 2.75) is 19.3 Å². The summed E-state index contributed by atoms with van der Waals surface area (Å²) in [6.07, 6.45) is 3.23. The normalized spacial score (nSPS) is 18.0. The Morgan fingerprint density at radius 3 is 2.75 bits per heavy atom. The van der Waals surface area contributed by atoms with E-state index in [9.17, 15) is 9.59 Å². The van der Waals surface area contributed by atoms with Crippen LogP contribution in [0.4, 0.5) is 0 Å². The summed E-state index contributed by atoms with van der Waals surface area (Å²) in [6, 6.07) is 7.40. The van der Waals surface area contributed by atoms with Gasteiger partial charge in [-0.3, -0.25) is 4.79 Å². The van der Waals surface area contributed by atoms with Crippen LogP contribution in [0.5, 0.6) is 0 Å². The Morgan fingerprint density at radius 2 is 2.00 bits per heavy atom. The maximum atomic E-state index is 12.0. The average molecular weight is 216 g/mol. The second kappa shape index (κ2) is 4.31. The van der Waals surface area contributed by atoms with Crippen molar-refractivity contribution < 1.29 is 14.7 Å². The minimum atomic E-state index is -1.05. The third-order valence-electron chi connectivity index (χ3n) is 2.74. The van der Waals surface area contributed by atoms with Crippen molar-refractivity contribution in [2.24, 2.45) is 0 Å². The van der Waals surface area contributed by atoms with E-state index in [0.29, 0.717) is 17.6 Å². The third-order valence-corrected chi connectivity index (χ3v) is 2.74. The summed E-state index contributed by atoms with van der Waals surface area (Å²) in [6.45, 7) is 0. The molecule has 0 radical (unpaired) electrons. The Labute approximate surface area is 93.4 Å². The summed E-state index contributed by atoms with van der Waals surface area (Å²) in [4.78, 5) is 22.6. The number of carboxylic acid groups (broad SMARTS) is 1. The Hall–Kier alpha value is -1.90. The van der Waals surface area contributed by atoms with Gasteiger partial charge in [0.05, 0.1) is 0 Å². The van der Waals surface area contributed by atoms with E-state index in [0.717, 1.165) is 24.5 Å². The number of ketones is 1. The fraction of sp³-hybridized carbons (Fsp3) is 0.231. The highest BCUT2D eigenvalue weighted by Crippen LogP contribution is 2.23. The van der Waals surface area contributed by atoms with Gasteiger partial charge >= 0.3 is 5.97 Å². The molecule has 1 aliphatic rings. The third kappa shape index (κ3) is 2.03. The highest BCUT2D eigenvalue weighted by Gasteiger charge is 2.19. The molecule has 82 valence electrons. The molecule has 3 nitrogen and oxygen atoms in total. The molecule has 0 unspecified atom stereocenters. The number of rotatable bonds is 1. The topological polar surface area (TPSA) is 54.4 Å². The maximum Gasteiger partial charge on any atom is 0.328 e. The van der Waals surface area contributed by atoms with Gasteiger partial charge in [0.15, 0.2) is 5.78 Å². The number of benzene rings is 1. The number of allylic oxidation sites excluding steroid dienone is 1. The van der Waals surface area contributed by atoms with Crippen molar-refractivity contribution in [1.29, 1.82) is 0 Å². The number of carboxylic acids is 1. The van der Waals surface area contributed by atoms with Gasteiger partial charge < -0.3 is 5.11 Å². The predicted octanol–water partition coefficient (Wildman–Crippen LogP) is 2.22. The van der Waals surface area contributed by atoms with Gasteiger partial charge in [-0.25, -0.2) is 4.79 Å². The summed E-state index contributed by atoms with van der Waals surface area (Å²) in [5.41, 5.74) is 2.06.